The molecular formula is C14H30O7. The van der Waals surface area contributed by atoms with Crippen LogP contribution in [0.2, 0.25) is 0 Å². The zero-order chi connectivity index (χ0) is 15.6. The van der Waals surface area contributed by atoms with Gasteiger partial charge in [-0.25, -0.2) is 0 Å². The highest BCUT2D eigenvalue weighted by molar-refractivity contribution is 4.40. The Hall–Kier alpha value is -0.280. The molecule has 0 fully saturated rings. The zero-order valence-electron chi connectivity index (χ0n) is 13.0. The van der Waals surface area contributed by atoms with Crippen molar-refractivity contribution < 1.29 is 33.9 Å². The Labute approximate surface area is 127 Å². The maximum absolute atomic E-state index is 9.40. The maximum atomic E-state index is 9.40. The van der Waals surface area contributed by atoms with Crippen molar-refractivity contribution in [1.29, 1.82) is 0 Å². The summed E-state index contributed by atoms with van der Waals surface area (Å²) in [5.74, 6) is 0. The molecule has 1 unspecified atom stereocenters. The molecule has 0 aromatic rings. The summed E-state index contributed by atoms with van der Waals surface area (Å²) in [6.45, 7) is 5.94. The number of ether oxygens (including phenoxy) is 5. The highest BCUT2D eigenvalue weighted by Crippen LogP contribution is 1.93. The monoisotopic (exact) mass is 310 g/mol. The van der Waals surface area contributed by atoms with E-state index in [0.717, 1.165) is 12.8 Å². The second kappa shape index (κ2) is 17.8. The van der Waals surface area contributed by atoms with Crippen molar-refractivity contribution in [3.8, 4) is 0 Å². The van der Waals surface area contributed by atoms with E-state index in [-0.39, 0.29) is 13.2 Å². The third-order valence-electron chi connectivity index (χ3n) is 2.42. The Morgan fingerprint density at radius 2 is 1.29 bits per heavy atom. The van der Waals surface area contributed by atoms with E-state index in [1.165, 1.54) is 0 Å². The molecule has 21 heavy (non-hydrogen) atoms. The molecule has 0 aromatic heterocycles. The molecule has 0 radical (unpaired) electrons. The lowest BCUT2D eigenvalue weighted by molar-refractivity contribution is -0.141. The van der Waals surface area contributed by atoms with E-state index >= 15 is 0 Å². The van der Waals surface area contributed by atoms with Crippen molar-refractivity contribution in [3.63, 3.8) is 0 Å². The van der Waals surface area contributed by atoms with Gasteiger partial charge in [0.15, 0.2) is 6.29 Å². The van der Waals surface area contributed by atoms with Crippen LogP contribution >= 0.6 is 0 Å². The van der Waals surface area contributed by atoms with E-state index in [2.05, 4.69) is 6.92 Å². The molecule has 0 amide bonds. The van der Waals surface area contributed by atoms with Crippen molar-refractivity contribution in [1.82, 2.24) is 0 Å². The Kier molecular flexibility index (Phi) is 17.5. The Bertz CT molecular complexity index is 192. The maximum Gasteiger partial charge on any atom is 0.178 e. The van der Waals surface area contributed by atoms with E-state index in [9.17, 15) is 5.11 Å². The van der Waals surface area contributed by atoms with Gasteiger partial charge in [-0.3, -0.25) is 0 Å². The average Bonchev–Trinajstić information content (AvgIpc) is 2.48. The third-order valence-corrected chi connectivity index (χ3v) is 2.42. The van der Waals surface area contributed by atoms with Crippen LogP contribution in [0.5, 0.6) is 0 Å². The first-order valence-corrected chi connectivity index (χ1v) is 7.52. The van der Waals surface area contributed by atoms with Crippen LogP contribution in [0.1, 0.15) is 19.8 Å². The third kappa shape index (κ3) is 17.7. The molecular weight excluding hydrogens is 280 g/mol. The minimum absolute atomic E-state index is 0.0292. The molecule has 1 atom stereocenters. The standard InChI is InChI=1S/C14H30O7/c1-2-3-5-21-14(16)13-20-12-11-19-10-9-18-8-7-17-6-4-15/h14-16H,2-13H2,1H3. The molecule has 2 N–H and O–H groups in total. The second-order valence-electron chi connectivity index (χ2n) is 4.31. The topological polar surface area (TPSA) is 86.6 Å². The highest BCUT2D eigenvalue weighted by atomic mass is 16.6. The van der Waals surface area contributed by atoms with Gasteiger partial charge in [0.1, 0.15) is 0 Å². The number of hydrogen-bond acceptors (Lipinski definition) is 7. The predicted molar refractivity (Wildman–Crippen MR) is 77.2 cm³/mol. The van der Waals surface area contributed by atoms with E-state index < -0.39 is 6.29 Å². The van der Waals surface area contributed by atoms with Crippen LogP contribution in [-0.4, -0.2) is 82.6 Å². The SMILES string of the molecule is CCCCOC(O)COCCOCCOCCOCCO. The molecule has 0 saturated carbocycles. The van der Waals surface area contributed by atoms with Crippen LogP contribution in [-0.2, 0) is 23.7 Å². The van der Waals surface area contributed by atoms with Crippen molar-refractivity contribution in [2.75, 3.05) is 66.1 Å². The van der Waals surface area contributed by atoms with Gasteiger partial charge in [0, 0.05) is 6.61 Å². The summed E-state index contributed by atoms with van der Waals surface area (Å²) < 4.78 is 25.9. The summed E-state index contributed by atoms with van der Waals surface area (Å²) in [4.78, 5) is 0. The average molecular weight is 310 g/mol. The van der Waals surface area contributed by atoms with Gasteiger partial charge in [-0.1, -0.05) is 13.3 Å². The minimum Gasteiger partial charge on any atom is -0.394 e. The molecule has 0 heterocycles. The molecule has 7 nitrogen and oxygen atoms in total. The van der Waals surface area contributed by atoms with Crippen molar-refractivity contribution >= 4 is 0 Å². The minimum atomic E-state index is -0.862. The van der Waals surface area contributed by atoms with Gasteiger partial charge in [0.2, 0.25) is 0 Å². The van der Waals surface area contributed by atoms with Crippen LogP contribution in [0.25, 0.3) is 0 Å². The van der Waals surface area contributed by atoms with Gasteiger partial charge in [-0.15, -0.1) is 0 Å². The first kappa shape index (κ1) is 20.7. The van der Waals surface area contributed by atoms with E-state index in [0.29, 0.717) is 52.9 Å². The van der Waals surface area contributed by atoms with Crippen molar-refractivity contribution in [2.24, 2.45) is 0 Å². The molecule has 0 aliphatic carbocycles. The van der Waals surface area contributed by atoms with Crippen molar-refractivity contribution in [3.05, 3.63) is 0 Å². The Balaban J connectivity index is 3.05. The molecule has 7 heteroatoms. The fourth-order valence-corrected chi connectivity index (χ4v) is 1.32. The summed E-state index contributed by atoms with van der Waals surface area (Å²) in [7, 11) is 0. The van der Waals surface area contributed by atoms with Crippen LogP contribution in [0.15, 0.2) is 0 Å². The van der Waals surface area contributed by atoms with Gasteiger partial charge in [0.25, 0.3) is 0 Å². The van der Waals surface area contributed by atoms with Gasteiger partial charge in [-0.05, 0) is 6.42 Å². The van der Waals surface area contributed by atoms with Crippen LogP contribution in [0.3, 0.4) is 0 Å². The summed E-state index contributed by atoms with van der Waals surface area (Å²) >= 11 is 0. The number of aliphatic hydroxyl groups excluding tert-OH is 2. The second-order valence-corrected chi connectivity index (χ2v) is 4.31. The van der Waals surface area contributed by atoms with Crippen molar-refractivity contribution in [2.45, 2.75) is 26.1 Å². The molecule has 0 bridgehead atoms. The quantitative estimate of drug-likeness (QED) is 0.293. The molecule has 0 aliphatic rings. The first-order chi connectivity index (χ1) is 10.3. The van der Waals surface area contributed by atoms with Crippen LogP contribution in [0.4, 0.5) is 0 Å². The summed E-state index contributed by atoms with van der Waals surface area (Å²) in [5, 5.41) is 17.9. The molecule has 0 aromatic carbocycles. The Morgan fingerprint density at radius 1 is 0.762 bits per heavy atom. The summed E-state index contributed by atoms with van der Waals surface area (Å²) in [6, 6.07) is 0. The van der Waals surface area contributed by atoms with Crippen LogP contribution in [0, 0.1) is 0 Å². The summed E-state index contributed by atoms with van der Waals surface area (Å²) in [5.41, 5.74) is 0. The lowest BCUT2D eigenvalue weighted by Gasteiger charge is -2.12. The molecule has 0 saturated heterocycles. The van der Waals surface area contributed by atoms with Gasteiger partial charge >= 0.3 is 0 Å². The fraction of sp³-hybridized carbons (Fsp3) is 1.00. The highest BCUT2D eigenvalue weighted by Gasteiger charge is 2.03. The fourth-order valence-electron chi connectivity index (χ4n) is 1.32. The number of aliphatic hydroxyl groups is 2. The lowest BCUT2D eigenvalue weighted by atomic mass is 10.4. The smallest absolute Gasteiger partial charge is 0.178 e. The van der Waals surface area contributed by atoms with E-state index in [1.54, 1.807) is 0 Å². The molecule has 0 aliphatic heterocycles. The number of unbranched alkanes of at least 4 members (excludes halogenated alkanes) is 1. The van der Waals surface area contributed by atoms with Gasteiger partial charge in [0.05, 0.1) is 59.5 Å². The zero-order valence-corrected chi connectivity index (χ0v) is 13.0. The molecule has 128 valence electrons. The van der Waals surface area contributed by atoms with E-state index in [4.69, 9.17) is 28.8 Å². The normalized spacial score (nSPS) is 12.7. The predicted octanol–water partition coefficient (Wildman–Crippen LogP) is 0.180. The lowest BCUT2D eigenvalue weighted by Crippen LogP contribution is -2.21. The number of rotatable bonds is 17. The molecule has 0 spiro atoms. The number of hydrogen-bond donors (Lipinski definition) is 2. The van der Waals surface area contributed by atoms with Gasteiger partial charge in [-0.2, -0.15) is 0 Å². The van der Waals surface area contributed by atoms with E-state index in [1.807, 2.05) is 0 Å². The summed E-state index contributed by atoms with van der Waals surface area (Å²) in [6.07, 6.45) is 1.11. The first-order valence-electron chi connectivity index (χ1n) is 7.52. The largest absolute Gasteiger partial charge is 0.394 e. The Morgan fingerprint density at radius 3 is 1.81 bits per heavy atom. The van der Waals surface area contributed by atoms with Gasteiger partial charge < -0.3 is 33.9 Å². The molecule has 0 rings (SSSR count). The van der Waals surface area contributed by atoms with Crippen LogP contribution < -0.4 is 0 Å².